The van der Waals surface area contributed by atoms with E-state index in [9.17, 15) is 9.59 Å². The van der Waals surface area contributed by atoms with Gasteiger partial charge in [0.15, 0.2) is 0 Å². The first-order chi connectivity index (χ1) is 9.97. The summed E-state index contributed by atoms with van der Waals surface area (Å²) in [7, 11) is 2.95. The lowest BCUT2D eigenvalue weighted by Gasteiger charge is -2.21. The van der Waals surface area contributed by atoms with Crippen molar-refractivity contribution in [3.8, 4) is 0 Å². The minimum atomic E-state index is -0.483. The van der Waals surface area contributed by atoms with E-state index in [0.717, 1.165) is 11.0 Å². The van der Waals surface area contributed by atoms with Crippen LogP contribution in [-0.4, -0.2) is 40.6 Å². The highest BCUT2D eigenvalue weighted by atomic mass is 16.5. The van der Waals surface area contributed by atoms with E-state index in [1.165, 1.54) is 18.7 Å². The van der Waals surface area contributed by atoms with Gasteiger partial charge in [-0.1, -0.05) is 6.92 Å². The molecule has 0 aliphatic heterocycles. The summed E-state index contributed by atoms with van der Waals surface area (Å²) in [4.78, 5) is 24.3. The van der Waals surface area contributed by atoms with Crippen molar-refractivity contribution in [1.29, 1.82) is 0 Å². The molecule has 8 nitrogen and oxygen atoms in total. The van der Waals surface area contributed by atoms with E-state index in [1.807, 2.05) is 6.92 Å². The maximum absolute atomic E-state index is 12.2. The number of rotatable bonds is 8. The molecule has 0 spiro atoms. The number of nitrogens with two attached hydrogens (primary N) is 1. The number of methoxy groups -OCH3 is 1. The van der Waals surface area contributed by atoms with Gasteiger partial charge in [-0.2, -0.15) is 0 Å². The molecule has 0 fully saturated rings. The molecule has 120 valence electrons. The third kappa shape index (κ3) is 3.85. The first-order valence-electron chi connectivity index (χ1n) is 6.93. The Morgan fingerprint density at radius 1 is 1.43 bits per heavy atom. The summed E-state index contributed by atoms with van der Waals surface area (Å²) in [5.74, 6) is 0.115. The minimum Gasteiger partial charge on any atom is -0.396 e. The molecular weight excluding hydrogens is 276 g/mol. The number of anilines is 2. The topological polar surface area (TPSA) is 112 Å². The van der Waals surface area contributed by atoms with Gasteiger partial charge in [0.05, 0.1) is 12.6 Å². The third-order valence-corrected chi connectivity index (χ3v) is 3.22. The summed E-state index contributed by atoms with van der Waals surface area (Å²) in [5.41, 5.74) is 5.21. The molecule has 1 atom stereocenters. The van der Waals surface area contributed by atoms with Crippen LogP contribution < -0.4 is 22.3 Å². The lowest BCUT2D eigenvalue weighted by molar-refractivity contribution is 0.170. The Morgan fingerprint density at radius 2 is 2.10 bits per heavy atom. The molecule has 1 rings (SSSR count). The molecule has 0 saturated heterocycles. The number of aliphatic hydroxyl groups is 1. The molecular formula is C13H24N4O4. The first kappa shape index (κ1) is 17.3. The summed E-state index contributed by atoms with van der Waals surface area (Å²) in [6, 6.07) is -0.262. The monoisotopic (exact) mass is 300 g/mol. The predicted octanol–water partition coefficient (Wildman–Crippen LogP) is -0.651. The van der Waals surface area contributed by atoms with Gasteiger partial charge < -0.3 is 20.9 Å². The van der Waals surface area contributed by atoms with Crippen molar-refractivity contribution in [1.82, 2.24) is 9.13 Å². The second-order valence-electron chi connectivity index (χ2n) is 4.87. The summed E-state index contributed by atoms with van der Waals surface area (Å²) in [6.45, 7) is 2.62. The van der Waals surface area contributed by atoms with Crippen LogP contribution in [0.4, 0.5) is 11.5 Å². The van der Waals surface area contributed by atoms with E-state index < -0.39 is 11.2 Å². The molecule has 1 aromatic rings. The van der Waals surface area contributed by atoms with E-state index in [2.05, 4.69) is 5.32 Å². The van der Waals surface area contributed by atoms with E-state index in [-0.39, 0.29) is 24.2 Å². The summed E-state index contributed by atoms with van der Waals surface area (Å²) in [6.07, 6.45) is 1.13. The quantitative estimate of drug-likeness (QED) is 0.588. The highest BCUT2D eigenvalue weighted by Gasteiger charge is 2.18. The molecule has 1 unspecified atom stereocenters. The van der Waals surface area contributed by atoms with Gasteiger partial charge in [-0.25, -0.2) is 4.79 Å². The molecule has 0 aromatic carbocycles. The Balaban J connectivity index is 3.28. The average Bonchev–Trinajstić information content (AvgIpc) is 2.46. The van der Waals surface area contributed by atoms with Gasteiger partial charge in [-0.3, -0.25) is 13.9 Å². The molecule has 1 aromatic heterocycles. The second kappa shape index (κ2) is 7.84. The van der Waals surface area contributed by atoms with Gasteiger partial charge in [0.1, 0.15) is 11.5 Å². The molecule has 0 amide bonds. The molecule has 0 bridgehead atoms. The zero-order valence-corrected chi connectivity index (χ0v) is 12.8. The van der Waals surface area contributed by atoms with Crippen LogP contribution in [0.15, 0.2) is 9.59 Å². The number of nitrogens with zero attached hydrogens (tertiary/aromatic N) is 2. The van der Waals surface area contributed by atoms with Crippen LogP contribution >= 0.6 is 0 Å². The second-order valence-corrected chi connectivity index (χ2v) is 4.87. The molecule has 21 heavy (non-hydrogen) atoms. The fraction of sp³-hybridized carbons (Fsp3) is 0.692. The minimum absolute atomic E-state index is 0.0458. The van der Waals surface area contributed by atoms with Gasteiger partial charge in [0, 0.05) is 27.3 Å². The fourth-order valence-electron chi connectivity index (χ4n) is 2.12. The zero-order chi connectivity index (χ0) is 16.0. The smallest absolute Gasteiger partial charge is 0.332 e. The van der Waals surface area contributed by atoms with Crippen LogP contribution in [0.3, 0.4) is 0 Å². The van der Waals surface area contributed by atoms with Gasteiger partial charge in [-0.15, -0.1) is 0 Å². The molecule has 8 heteroatoms. The number of aliphatic hydroxyl groups excluding tert-OH is 1. The standard InChI is InChI=1S/C13H24N4O4/c1-4-6-17-11(14)10(12(19)16(2)13(17)20)15-9(5-7-18)8-21-3/h9,15,18H,4-8,14H2,1-3H3. The molecule has 1 heterocycles. The number of hydrogen-bond donors (Lipinski definition) is 3. The van der Waals surface area contributed by atoms with E-state index in [1.54, 1.807) is 0 Å². The number of hydrogen-bond acceptors (Lipinski definition) is 6. The van der Waals surface area contributed by atoms with Gasteiger partial charge in [0.25, 0.3) is 5.56 Å². The Labute approximate surface area is 123 Å². The van der Waals surface area contributed by atoms with E-state index in [0.29, 0.717) is 19.6 Å². The van der Waals surface area contributed by atoms with Crippen molar-refractivity contribution < 1.29 is 9.84 Å². The maximum Gasteiger partial charge on any atom is 0.332 e. The van der Waals surface area contributed by atoms with Gasteiger partial charge in [-0.05, 0) is 12.8 Å². The summed E-state index contributed by atoms with van der Waals surface area (Å²) >= 11 is 0. The lowest BCUT2D eigenvalue weighted by Crippen LogP contribution is -2.42. The maximum atomic E-state index is 12.2. The van der Waals surface area contributed by atoms with Crippen molar-refractivity contribution in [3.05, 3.63) is 20.8 Å². The van der Waals surface area contributed by atoms with E-state index in [4.69, 9.17) is 15.6 Å². The number of nitrogen functional groups attached to an aromatic ring is 1. The van der Waals surface area contributed by atoms with Crippen LogP contribution in [-0.2, 0) is 18.3 Å². The van der Waals surface area contributed by atoms with Crippen molar-refractivity contribution in [2.75, 3.05) is 31.4 Å². The third-order valence-electron chi connectivity index (χ3n) is 3.22. The predicted molar refractivity (Wildman–Crippen MR) is 81.6 cm³/mol. The number of ether oxygens (including phenoxy) is 1. The molecule has 0 aliphatic rings. The largest absolute Gasteiger partial charge is 0.396 e. The highest BCUT2D eigenvalue weighted by Crippen LogP contribution is 2.13. The Bertz CT molecular complexity index is 573. The normalized spacial score (nSPS) is 12.4. The van der Waals surface area contributed by atoms with Crippen molar-refractivity contribution in [2.24, 2.45) is 7.05 Å². The van der Waals surface area contributed by atoms with Crippen LogP contribution in [0.25, 0.3) is 0 Å². The van der Waals surface area contributed by atoms with Crippen LogP contribution in [0.1, 0.15) is 19.8 Å². The van der Waals surface area contributed by atoms with Gasteiger partial charge in [0.2, 0.25) is 0 Å². The van der Waals surface area contributed by atoms with Crippen LogP contribution in [0.5, 0.6) is 0 Å². The number of aromatic nitrogens is 2. The van der Waals surface area contributed by atoms with Crippen LogP contribution in [0.2, 0.25) is 0 Å². The average molecular weight is 300 g/mol. The highest BCUT2D eigenvalue weighted by molar-refractivity contribution is 5.61. The molecule has 0 saturated carbocycles. The lowest BCUT2D eigenvalue weighted by atomic mass is 10.2. The molecule has 0 radical (unpaired) electrons. The van der Waals surface area contributed by atoms with Crippen molar-refractivity contribution in [2.45, 2.75) is 32.4 Å². The van der Waals surface area contributed by atoms with Crippen LogP contribution in [0, 0.1) is 0 Å². The van der Waals surface area contributed by atoms with E-state index >= 15 is 0 Å². The molecule has 0 aliphatic carbocycles. The first-order valence-corrected chi connectivity index (χ1v) is 6.93. The number of nitrogens with one attached hydrogen (secondary N) is 1. The molecule has 4 N–H and O–H groups in total. The fourth-order valence-corrected chi connectivity index (χ4v) is 2.12. The van der Waals surface area contributed by atoms with Gasteiger partial charge >= 0.3 is 5.69 Å². The van der Waals surface area contributed by atoms with Crippen molar-refractivity contribution in [3.63, 3.8) is 0 Å². The SMILES string of the molecule is CCCn1c(N)c(NC(CCO)COC)c(=O)n(C)c1=O. The Hall–Kier alpha value is -1.80. The van der Waals surface area contributed by atoms with Crippen molar-refractivity contribution >= 4 is 11.5 Å². The summed E-state index contributed by atoms with van der Waals surface area (Å²) in [5, 5.41) is 12.0. The zero-order valence-electron chi connectivity index (χ0n) is 12.8. The Kier molecular flexibility index (Phi) is 6.44. The summed E-state index contributed by atoms with van der Waals surface area (Å²) < 4.78 is 7.44. The Morgan fingerprint density at radius 3 is 2.62 bits per heavy atom.